The third-order valence-electron chi connectivity index (χ3n) is 1.39. The summed E-state index contributed by atoms with van der Waals surface area (Å²) in [6.07, 6.45) is 1.19. The highest BCUT2D eigenvalue weighted by Gasteiger charge is 2.04. The summed E-state index contributed by atoms with van der Waals surface area (Å²) in [5, 5.41) is 3.33. The number of rotatable bonds is 5. The molecule has 0 fully saturated rings. The van der Waals surface area contributed by atoms with Crippen LogP contribution in [-0.4, -0.2) is 12.3 Å². The van der Waals surface area contributed by atoms with Crippen molar-refractivity contribution in [1.82, 2.24) is 0 Å². The Morgan fingerprint density at radius 3 is 2.73 bits per heavy atom. The Morgan fingerprint density at radius 2 is 2.27 bits per heavy atom. The van der Waals surface area contributed by atoms with Crippen molar-refractivity contribution in [2.75, 3.05) is 6.54 Å². The molecule has 0 rings (SSSR count). The molecule has 0 aliphatic heterocycles. The highest BCUT2D eigenvalue weighted by Crippen LogP contribution is 2.01. The maximum absolute atomic E-state index is 11.0. The summed E-state index contributed by atoms with van der Waals surface area (Å²) >= 11 is 0. The highest BCUT2D eigenvalue weighted by molar-refractivity contribution is 5.80. The molecule has 0 aromatic heterocycles. The van der Waals surface area contributed by atoms with Gasteiger partial charge in [-0.05, 0) is 12.0 Å². The minimum atomic E-state index is 0.0982. The molecule has 11 heavy (non-hydrogen) atoms. The highest BCUT2D eigenvalue weighted by atomic mass is 16.1. The fraction of sp³-hybridized carbons (Fsp3) is 0.857. The number of azide groups is 1. The van der Waals surface area contributed by atoms with Gasteiger partial charge in [0.2, 0.25) is 0 Å². The molecule has 0 spiro atoms. The first kappa shape index (κ1) is 9.98. The zero-order chi connectivity index (χ0) is 8.69. The zero-order valence-corrected chi connectivity index (χ0v) is 6.95. The second kappa shape index (κ2) is 5.74. The molecule has 0 heterocycles. The molecule has 0 atom stereocenters. The maximum Gasteiger partial charge on any atom is 0.135 e. The van der Waals surface area contributed by atoms with E-state index in [-0.39, 0.29) is 11.7 Å². The van der Waals surface area contributed by atoms with Gasteiger partial charge in [0, 0.05) is 23.8 Å². The predicted octanol–water partition coefficient (Wildman–Crippen LogP) is 2.30. The molecule has 0 aliphatic carbocycles. The van der Waals surface area contributed by atoms with E-state index in [0.717, 1.165) is 0 Å². The molecule has 0 aromatic carbocycles. The van der Waals surface area contributed by atoms with Crippen LogP contribution in [0.1, 0.15) is 26.7 Å². The van der Waals surface area contributed by atoms with Crippen LogP contribution < -0.4 is 0 Å². The van der Waals surface area contributed by atoms with Gasteiger partial charge in [-0.25, -0.2) is 0 Å². The van der Waals surface area contributed by atoms with E-state index >= 15 is 0 Å². The van der Waals surface area contributed by atoms with Gasteiger partial charge in [-0.15, -0.1) is 0 Å². The van der Waals surface area contributed by atoms with Crippen molar-refractivity contribution in [3.8, 4) is 0 Å². The fourth-order valence-corrected chi connectivity index (χ4v) is 0.657. The molecule has 0 amide bonds. The van der Waals surface area contributed by atoms with E-state index in [0.29, 0.717) is 19.4 Å². The van der Waals surface area contributed by atoms with E-state index in [1.54, 1.807) is 0 Å². The molecule has 62 valence electrons. The Morgan fingerprint density at radius 1 is 1.64 bits per heavy atom. The van der Waals surface area contributed by atoms with Gasteiger partial charge in [0.05, 0.1) is 0 Å². The minimum Gasteiger partial charge on any atom is -0.299 e. The van der Waals surface area contributed by atoms with Crippen molar-refractivity contribution >= 4 is 5.78 Å². The maximum atomic E-state index is 11.0. The number of carbonyl (C=O) groups excluding carboxylic acids is 1. The van der Waals surface area contributed by atoms with Crippen LogP contribution in [0, 0.1) is 5.92 Å². The number of Topliss-reactive ketones (excluding diaryl/α,β-unsaturated/α-hetero) is 1. The standard InChI is InChI=1S/C7H13N3O/c1-6(2)7(11)4-3-5-9-10-8/h6H,3-5H2,1-2H3. The minimum absolute atomic E-state index is 0.0982. The van der Waals surface area contributed by atoms with E-state index in [9.17, 15) is 4.79 Å². The molecule has 0 saturated heterocycles. The topological polar surface area (TPSA) is 65.8 Å². The van der Waals surface area contributed by atoms with Gasteiger partial charge in [-0.2, -0.15) is 0 Å². The van der Waals surface area contributed by atoms with E-state index in [1.807, 2.05) is 13.8 Å². The average molecular weight is 155 g/mol. The van der Waals surface area contributed by atoms with Gasteiger partial charge >= 0.3 is 0 Å². The van der Waals surface area contributed by atoms with E-state index in [4.69, 9.17) is 5.53 Å². The summed E-state index contributed by atoms with van der Waals surface area (Å²) in [6, 6.07) is 0. The van der Waals surface area contributed by atoms with Crippen molar-refractivity contribution in [3.05, 3.63) is 10.4 Å². The fourth-order valence-electron chi connectivity index (χ4n) is 0.657. The van der Waals surface area contributed by atoms with Crippen molar-refractivity contribution in [1.29, 1.82) is 0 Å². The third-order valence-corrected chi connectivity index (χ3v) is 1.39. The third kappa shape index (κ3) is 5.43. The van der Waals surface area contributed by atoms with Crippen LogP contribution in [-0.2, 0) is 4.79 Å². The summed E-state index contributed by atoms with van der Waals surface area (Å²) in [4.78, 5) is 13.6. The predicted molar refractivity (Wildman–Crippen MR) is 43.1 cm³/mol. The summed E-state index contributed by atoms with van der Waals surface area (Å²) in [5.41, 5.74) is 7.91. The molecule has 0 aliphatic rings. The lowest BCUT2D eigenvalue weighted by Gasteiger charge is -2.00. The Labute approximate surface area is 66.2 Å². The van der Waals surface area contributed by atoms with E-state index < -0.39 is 0 Å². The summed E-state index contributed by atoms with van der Waals surface area (Å²) < 4.78 is 0. The first-order valence-electron chi connectivity index (χ1n) is 3.72. The summed E-state index contributed by atoms with van der Waals surface area (Å²) in [6.45, 7) is 4.17. The first-order valence-corrected chi connectivity index (χ1v) is 3.72. The monoisotopic (exact) mass is 155 g/mol. The van der Waals surface area contributed by atoms with Gasteiger partial charge in [-0.3, -0.25) is 4.79 Å². The number of carbonyl (C=O) groups is 1. The Balaban J connectivity index is 3.39. The van der Waals surface area contributed by atoms with Gasteiger partial charge in [-0.1, -0.05) is 19.0 Å². The van der Waals surface area contributed by atoms with Crippen molar-refractivity contribution < 1.29 is 4.79 Å². The SMILES string of the molecule is CC(C)C(=O)CCCN=[N+]=[N-]. The largest absolute Gasteiger partial charge is 0.299 e. The second-order valence-corrected chi connectivity index (χ2v) is 2.68. The second-order valence-electron chi connectivity index (χ2n) is 2.68. The zero-order valence-electron chi connectivity index (χ0n) is 6.95. The molecule has 0 bridgehead atoms. The van der Waals surface area contributed by atoms with Crippen molar-refractivity contribution in [3.63, 3.8) is 0 Å². The van der Waals surface area contributed by atoms with Crippen molar-refractivity contribution in [2.24, 2.45) is 11.0 Å². The molecular weight excluding hydrogens is 142 g/mol. The van der Waals surface area contributed by atoms with Crippen molar-refractivity contribution in [2.45, 2.75) is 26.7 Å². The Kier molecular flexibility index (Phi) is 5.21. The van der Waals surface area contributed by atoms with Crippen LogP contribution in [0.15, 0.2) is 5.11 Å². The number of hydrogen-bond donors (Lipinski definition) is 0. The molecule has 0 radical (unpaired) electrons. The van der Waals surface area contributed by atoms with Gasteiger partial charge in [0.25, 0.3) is 0 Å². The van der Waals surface area contributed by atoms with Crippen LogP contribution in [0.3, 0.4) is 0 Å². The van der Waals surface area contributed by atoms with Crippen LogP contribution in [0.4, 0.5) is 0 Å². The summed E-state index contributed by atoms with van der Waals surface area (Å²) in [5.74, 6) is 0.333. The summed E-state index contributed by atoms with van der Waals surface area (Å²) in [7, 11) is 0. The quantitative estimate of drug-likeness (QED) is 0.260. The first-order chi connectivity index (χ1) is 5.18. The molecule has 4 heteroatoms. The molecule has 0 aromatic rings. The number of hydrogen-bond acceptors (Lipinski definition) is 2. The van der Waals surface area contributed by atoms with E-state index in [2.05, 4.69) is 10.0 Å². The molecule has 0 N–H and O–H groups in total. The van der Waals surface area contributed by atoms with Crippen LogP contribution >= 0.6 is 0 Å². The Hall–Kier alpha value is -1.02. The van der Waals surface area contributed by atoms with Crippen LogP contribution in [0.5, 0.6) is 0 Å². The average Bonchev–Trinajstić information content (AvgIpc) is 1.97. The smallest absolute Gasteiger partial charge is 0.135 e. The molecular formula is C7H13N3O. The van der Waals surface area contributed by atoms with Gasteiger partial charge in [0.1, 0.15) is 5.78 Å². The lowest BCUT2D eigenvalue weighted by atomic mass is 10.1. The molecule has 4 nitrogen and oxygen atoms in total. The van der Waals surface area contributed by atoms with Crippen LogP contribution in [0.2, 0.25) is 0 Å². The molecule has 0 saturated carbocycles. The van der Waals surface area contributed by atoms with Gasteiger partial charge < -0.3 is 0 Å². The Bertz CT molecular complexity index is 171. The van der Waals surface area contributed by atoms with E-state index in [1.165, 1.54) is 0 Å². The lowest BCUT2D eigenvalue weighted by Crippen LogP contribution is -2.06. The van der Waals surface area contributed by atoms with Gasteiger partial charge in [0.15, 0.2) is 0 Å². The molecule has 0 unspecified atom stereocenters. The van der Waals surface area contributed by atoms with Crippen LogP contribution in [0.25, 0.3) is 10.4 Å². The number of ketones is 1. The normalized spacial score (nSPS) is 9.36. The number of nitrogens with zero attached hydrogens (tertiary/aromatic N) is 3. The lowest BCUT2D eigenvalue weighted by molar-refractivity contribution is -0.121.